The second-order valence-corrected chi connectivity index (χ2v) is 8.49. The third kappa shape index (κ3) is 21.1. The van der Waals surface area contributed by atoms with Crippen molar-refractivity contribution in [3.8, 4) is 0 Å². The minimum atomic E-state index is -0.212. The summed E-state index contributed by atoms with van der Waals surface area (Å²) in [5.41, 5.74) is 0. The van der Waals surface area contributed by atoms with Gasteiger partial charge < -0.3 is 14.0 Å². The summed E-state index contributed by atoms with van der Waals surface area (Å²) in [5, 5.41) is 0. The van der Waals surface area contributed by atoms with Crippen LogP contribution in [0.1, 0.15) is 90.4 Å². The van der Waals surface area contributed by atoms with Crippen LogP contribution in [-0.4, -0.2) is 57.3 Å². The number of unbranched alkanes of at least 4 members (excludes halogenated alkanes) is 8. The van der Waals surface area contributed by atoms with E-state index in [4.69, 9.17) is 9.47 Å². The summed E-state index contributed by atoms with van der Waals surface area (Å²) in [7, 11) is 6.46. The van der Waals surface area contributed by atoms with Gasteiger partial charge in [-0.05, 0) is 25.7 Å². The van der Waals surface area contributed by atoms with Gasteiger partial charge in [-0.25, -0.2) is 0 Å². The number of carbonyl (C=O) groups is 2. The standard InChI is InChI=1S/C22H44NO4/c1-5-6-7-8-9-10-11-13-19-26-21(24)16-15-17-22(25)27-20-14-12-18-23(2,3)4/h5-20H2,1-4H3/q+1. The van der Waals surface area contributed by atoms with Gasteiger partial charge in [-0.2, -0.15) is 0 Å². The number of nitrogens with zero attached hydrogens (tertiary/aromatic N) is 1. The number of esters is 2. The molecular weight excluding hydrogens is 342 g/mol. The van der Waals surface area contributed by atoms with Crippen LogP contribution < -0.4 is 0 Å². The van der Waals surface area contributed by atoms with Crippen molar-refractivity contribution in [2.24, 2.45) is 0 Å². The number of ether oxygens (including phenoxy) is 2. The topological polar surface area (TPSA) is 52.6 Å². The second-order valence-electron chi connectivity index (χ2n) is 8.49. The fourth-order valence-corrected chi connectivity index (χ4v) is 2.82. The number of rotatable bonds is 18. The highest BCUT2D eigenvalue weighted by Gasteiger charge is 2.09. The van der Waals surface area contributed by atoms with E-state index in [1.807, 2.05) is 0 Å². The van der Waals surface area contributed by atoms with E-state index in [1.54, 1.807) is 0 Å². The van der Waals surface area contributed by atoms with Crippen LogP contribution in [0.4, 0.5) is 0 Å². The van der Waals surface area contributed by atoms with Gasteiger partial charge >= 0.3 is 11.9 Å². The van der Waals surface area contributed by atoms with Crippen molar-refractivity contribution in [3.05, 3.63) is 0 Å². The van der Waals surface area contributed by atoms with Crippen molar-refractivity contribution in [3.63, 3.8) is 0 Å². The van der Waals surface area contributed by atoms with Crippen LogP contribution in [0.15, 0.2) is 0 Å². The van der Waals surface area contributed by atoms with Gasteiger partial charge in [-0.1, -0.05) is 51.9 Å². The molecule has 0 aromatic carbocycles. The Morgan fingerprint density at radius 2 is 1.07 bits per heavy atom. The molecule has 0 aliphatic carbocycles. The lowest BCUT2D eigenvalue weighted by molar-refractivity contribution is -0.870. The molecule has 0 atom stereocenters. The van der Waals surface area contributed by atoms with E-state index in [0.29, 0.717) is 32.5 Å². The Morgan fingerprint density at radius 3 is 1.56 bits per heavy atom. The van der Waals surface area contributed by atoms with E-state index in [1.165, 1.54) is 38.5 Å². The monoisotopic (exact) mass is 386 g/mol. The molecule has 27 heavy (non-hydrogen) atoms. The van der Waals surface area contributed by atoms with Gasteiger partial charge in [0.05, 0.1) is 40.9 Å². The zero-order valence-corrected chi connectivity index (χ0v) is 18.4. The average molecular weight is 387 g/mol. The van der Waals surface area contributed by atoms with E-state index in [2.05, 4.69) is 28.1 Å². The highest BCUT2D eigenvalue weighted by Crippen LogP contribution is 2.09. The van der Waals surface area contributed by atoms with Crippen LogP contribution in [0.25, 0.3) is 0 Å². The maximum Gasteiger partial charge on any atom is 0.305 e. The van der Waals surface area contributed by atoms with E-state index in [9.17, 15) is 9.59 Å². The minimum absolute atomic E-state index is 0.200. The smallest absolute Gasteiger partial charge is 0.305 e. The lowest BCUT2D eigenvalue weighted by Gasteiger charge is -2.23. The molecule has 0 aromatic heterocycles. The molecule has 0 amide bonds. The summed E-state index contributed by atoms with van der Waals surface area (Å²) >= 11 is 0. The lowest BCUT2D eigenvalue weighted by Crippen LogP contribution is -2.35. The Balaban J connectivity index is 3.38. The summed E-state index contributed by atoms with van der Waals surface area (Å²) in [6, 6.07) is 0. The van der Waals surface area contributed by atoms with Gasteiger partial charge in [0.15, 0.2) is 0 Å². The highest BCUT2D eigenvalue weighted by atomic mass is 16.5. The van der Waals surface area contributed by atoms with Crippen molar-refractivity contribution in [1.82, 2.24) is 0 Å². The minimum Gasteiger partial charge on any atom is -0.466 e. The average Bonchev–Trinajstić information content (AvgIpc) is 2.59. The van der Waals surface area contributed by atoms with E-state index in [0.717, 1.165) is 36.7 Å². The molecule has 0 aromatic rings. The first kappa shape index (κ1) is 25.9. The summed E-state index contributed by atoms with van der Waals surface area (Å²) in [4.78, 5) is 23.3. The van der Waals surface area contributed by atoms with Gasteiger partial charge in [-0.15, -0.1) is 0 Å². The number of quaternary nitrogens is 1. The lowest BCUT2D eigenvalue weighted by atomic mass is 10.1. The molecule has 0 saturated carbocycles. The van der Waals surface area contributed by atoms with Gasteiger partial charge in [0.1, 0.15) is 0 Å². The van der Waals surface area contributed by atoms with Gasteiger partial charge in [0.25, 0.3) is 0 Å². The Bertz CT molecular complexity index is 377. The molecule has 0 unspecified atom stereocenters. The number of hydrogen-bond acceptors (Lipinski definition) is 4. The zero-order chi connectivity index (χ0) is 20.4. The molecule has 160 valence electrons. The summed E-state index contributed by atoms with van der Waals surface area (Å²) < 4.78 is 11.3. The molecule has 0 spiro atoms. The largest absolute Gasteiger partial charge is 0.466 e. The molecule has 0 N–H and O–H groups in total. The summed E-state index contributed by atoms with van der Waals surface area (Å²) in [6.45, 7) is 4.28. The quantitative estimate of drug-likeness (QED) is 0.192. The first-order valence-electron chi connectivity index (χ1n) is 11.0. The van der Waals surface area contributed by atoms with Crippen molar-refractivity contribution in [2.45, 2.75) is 90.4 Å². The molecule has 0 fully saturated rings. The molecule has 0 radical (unpaired) electrons. The molecule has 0 bridgehead atoms. The maximum absolute atomic E-state index is 11.6. The second kappa shape index (κ2) is 17.0. The molecule has 0 heterocycles. The highest BCUT2D eigenvalue weighted by molar-refractivity contribution is 5.72. The van der Waals surface area contributed by atoms with Crippen LogP contribution in [-0.2, 0) is 19.1 Å². The molecule has 5 nitrogen and oxygen atoms in total. The van der Waals surface area contributed by atoms with Crippen molar-refractivity contribution >= 4 is 11.9 Å². The predicted molar refractivity (Wildman–Crippen MR) is 111 cm³/mol. The Morgan fingerprint density at radius 1 is 0.630 bits per heavy atom. The Labute approximate surface area is 167 Å². The predicted octanol–water partition coefficient (Wildman–Crippen LogP) is 4.87. The fourth-order valence-electron chi connectivity index (χ4n) is 2.82. The first-order valence-corrected chi connectivity index (χ1v) is 11.0. The van der Waals surface area contributed by atoms with Gasteiger partial charge in [-0.3, -0.25) is 9.59 Å². The van der Waals surface area contributed by atoms with E-state index >= 15 is 0 Å². The summed E-state index contributed by atoms with van der Waals surface area (Å²) in [5.74, 6) is -0.412. The molecule has 0 aliphatic rings. The Hall–Kier alpha value is -1.10. The molecule has 0 aliphatic heterocycles. The van der Waals surface area contributed by atoms with Crippen LogP contribution in [0.2, 0.25) is 0 Å². The third-order valence-electron chi connectivity index (χ3n) is 4.51. The molecule has 0 rings (SSSR count). The normalized spacial score (nSPS) is 11.4. The van der Waals surface area contributed by atoms with Gasteiger partial charge in [0.2, 0.25) is 0 Å². The van der Waals surface area contributed by atoms with E-state index in [-0.39, 0.29) is 11.9 Å². The third-order valence-corrected chi connectivity index (χ3v) is 4.51. The summed E-state index contributed by atoms with van der Waals surface area (Å²) in [6.07, 6.45) is 12.9. The van der Waals surface area contributed by atoms with Crippen molar-refractivity contribution in [2.75, 3.05) is 40.9 Å². The van der Waals surface area contributed by atoms with Crippen LogP contribution in [0.3, 0.4) is 0 Å². The molecular formula is C22H44NO4+. The Kier molecular flexibility index (Phi) is 16.3. The zero-order valence-electron chi connectivity index (χ0n) is 18.4. The van der Waals surface area contributed by atoms with Crippen LogP contribution >= 0.6 is 0 Å². The van der Waals surface area contributed by atoms with Crippen LogP contribution in [0.5, 0.6) is 0 Å². The van der Waals surface area contributed by atoms with Crippen molar-refractivity contribution < 1.29 is 23.5 Å². The van der Waals surface area contributed by atoms with Gasteiger partial charge in [0, 0.05) is 12.8 Å². The number of carbonyl (C=O) groups excluding carboxylic acids is 2. The SMILES string of the molecule is CCCCCCCCCCOC(=O)CCCC(=O)OCCCC[N+](C)(C)C. The number of hydrogen-bond donors (Lipinski definition) is 0. The van der Waals surface area contributed by atoms with E-state index < -0.39 is 0 Å². The molecule has 0 saturated heterocycles. The fraction of sp³-hybridized carbons (Fsp3) is 0.909. The maximum atomic E-state index is 11.6. The first-order chi connectivity index (χ1) is 12.8. The molecule has 5 heteroatoms. The van der Waals surface area contributed by atoms with Crippen molar-refractivity contribution in [1.29, 1.82) is 0 Å². The van der Waals surface area contributed by atoms with Crippen LogP contribution in [0, 0.1) is 0 Å².